The Labute approximate surface area is 173 Å². The van der Waals surface area contributed by atoms with Gasteiger partial charge in [-0.05, 0) is 31.4 Å². The summed E-state index contributed by atoms with van der Waals surface area (Å²) in [6, 6.07) is 10.0. The fourth-order valence-electron chi connectivity index (χ4n) is 3.74. The SMILES string of the molecule is CN(C(=O)OC[n+]1cccc(C(=O)O)c1)[C@@]1(c2ccccc2Cl)CCCCC1=O. The second-order valence-electron chi connectivity index (χ2n) is 6.98. The Kier molecular flexibility index (Phi) is 6.17. The van der Waals surface area contributed by atoms with Gasteiger partial charge in [0.25, 0.3) is 6.73 Å². The van der Waals surface area contributed by atoms with Crippen LogP contribution in [0, 0.1) is 0 Å². The second-order valence-corrected chi connectivity index (χ2v) is 7.39. The van der Waals surface area contributed by atoms with E-state index in [1.807, 2.05) is 0 Å². The number of aromatic nitrogens is 1. The lowest BCUT2D eigenvalue weighted by Gasteiger charge is -2.43. The van der Waals surface area contributed by atoms with E-state index in [9.17, 15) is 14.4 Å². The molecule has 1 N–H and O–H groups in total. The number of amides is 1. The van der Waals surface area contributed by atoms with E-state index in [4.69, 9.17) is 21.4 Å². The predicted molar refractivity (Wildman–Crippen MR) is 104 cm³/mol. The molecule has 2 aromatic rings. The summed E-state index contributed by atoms with van der Waals surface area (Å²) >= 11 is 6.39. The number of rotatable bonds is 5. The lowest BCUT2D eigenvalue weighted by atomic mass is 9.74. The van der Waals surface area contributed by atoms with Crippen LogP contribution in [-0.4, -0.2) is 34.9 Å². The first-order valence-corrected chi connectivity index (χ1v) is 9.65. The highest BCUT2D eigenvalue weighted by Crippen LogP contribution is 2.42. The molecule has 1 aliphatic carbocycles. The van der Waals surface area contributed by atoms with Crippen LogP contribution >= 0.6 is 11.6 Å². The fraction of sp³-hybridized carbons (Fsp3) is 0.333. The predicted octanol–water partition coefficient (Wildman–Crippen LogP) is 3.39. The molecule has 0 saturated heterocycles. The minimum atomic E-state index is -1.18. The molecule has 7 nitrogen and oxygen atoms in total. The monoisotopic (exact) mass is 417 g/mol. The maximum Gasteiger partial charge on any atom is 0.415 e. The Morgan fingerprint density at radius 2 is 2.00 bits per heavy atom. The molecule has 1 atom stereocenters. The Hall–Kier alpha value is -2.93. The maximum absolute atomic E-state index is 13.0. The van der Waals surface area contributed by atoms with Crippen LogP contribution in [0.5, 0.6) is 0 Å². The van der Waals surface area contributed by atoms with Crippen LogP contribution in [0.25, 0.3) is 0 Å². The third-order valence-corrected chi connectivity index (χ3v) is 5.59. The van der Waals surface area contributed by atoms with Gasteiger partial charge in [-0.25, -0.2) is 9.59 Å². The van der Waals surface area contributed by atoms with Gasteiger partial charge in [-0.1, -0.05) is 29.8 Å². The molecule has 0 bridgehead atoms. The molecule has 0 unspecified atom stereocenters. The van der Waals surface area contributed by atoms with Crippen molar-refractivity contribution in [3.05, 3.63) is 64.9 Å². The molecule has 0 aliphatic heterocycles. The number of ether oxygens (including phenoxy) is 1. The minimum absolute atomic E-state index is 0.0724. The zero-order valence-corrected chi connectivity index (χ0v) is 16.8. The van der Waals surface area contributed by atoms with Crippen LogP contribution in [0.4, 0.5) is 4.79 Å². The van der Waals surface area contributed by atoms with E-state index in [0.29, 0.717) is 23.4 Å². The number of hydrogen-bond donors (Lipinski definition) is 1. The summed E-state index contributed by atoms with van der Waals surface area (Å²) in [5.74, 6) is -1.15. The summed E-state index contributed by atoms with van der Waals surface area (Å²) in [6.45, 7) is -0.183. The van der Waals surface area contributed by atoms with E-state index in [1.165, 1.54) is 28.8 Å². The van der Waals surface area contributed by atoms with Gasteiger partial charge < -0.3 is 9.84 Å². The van der Waals surface area contributed by atoms with Gasteiger partial charge >= 0.3 is 12.1 Å². The molecule has 152 valence electrons. The summed E-state index contributed by atoms with van der Waals surface area (Å²) in [7, 11) is 1.53. The van der Waals surface area contributed by atoms with Gasteiger partial charge in [-0.2, -0.15) is 4.57 Å². The molecule has 1 aromatic heterocycles. The van der Waals surface area contributed by atoms with Gasteiger partial charge in [-0.3, -0.25) is 9.69 Å². The van der Waals surface area contributed by atoms with Crippen LogP contribution in [0.3, 0.4) is 0 Å². The average molecular weight is 418 g/mol. The third kappa shape index (κ3) is 4.10. The Bertz CT molecular complexity index is 948. The molecular formula is C21H22ClN2O5+. The molecule has 0 spiro atoms. The quantitative estimate of drug-likeness (QED) is 0.753. The molecule has 1 fully saturated rings. The van der Waals surface area contributed by atoms with Gasteiger partial charge in [0.15, 0.2) is 18.2 Å². The zero-order chi connectivity index (χ0) is 21.0. The number of ketones is 1. The number of carbonyl (C=O) groups is 3. The lowest BCUT2D eigenvalue weighted by Crippen LogP contribution is -2.55. The molecule has 3 rings (SSSR count). The smallest absolute Gasteiger partial charge is 0.415 e. The van der Waals surface area contributed by atoms with E-state index in [-0.39, 0.29) is 18.1 Å². The molecule has 0 radical (unpaired) electrons. The molecular weight excluding hydrogens is 396 g/mol. The summed E-state index contributed by atoms with van der Waals surface area (Å²) in [5.41, 5.74) is -0.514. The Morgan fingerprint density at radius 1 is 1.24 bits per heavy atom. The normalized spacial score (nSPS) is 18.9. The number of likely N-dealkylation sites (N-methyl/N-ethyl adjacent to an activating group) is 1. The first-order valence-electron chi connectivity index (χ1n) is 9.27. The molecule has 1 amide bonds. The Balaban J connectivity index is 1.85. The van der Waals surface area contributed by atoms with Crippen molar-refractivity contribution in [1.29, 1.82) is 0 Å². The van der Waals surface area contributed by atoms with Crippen molar-refractivity contribution in [2.75, 3.05) is 7.05 Å². The van der Waals surface area contributed by atoms with Crippen LogP contribution in [0.1, 0.15) is 41.6 Å². The molecule has 29 heavy (non-hydrogen) atoms. The highest BCUT2D eigenvalue weighted by atomic mass is 35.5. The number of Topliss-reactive ketones (excluding diaryl/α,β-unsaturated/α-hetero) is 1. The van der Waals surface area contributed by atoms with Crippen LogP contribution < -0.4 is 4.57 Å². The number of hydrogen-bond acceptors (Lipinski definition) is 4. The van der Waals surface area contributed by atoms with Crippen molar-refractivity contribution in [3.8, 4) is 0 Å². The molecule has 1 saturated carbocycles. The zero-order valence-electron chi connectivity index (χ0n) is 16.0. The van der Waals surface area contributed by atoms with Crippen LogP contribution in [0.15, 0.2) is 48.8 Å². The number of aromatic carboxylic acids is 1. The summed E-state index contributed by atoms with van der Waals surface area (Å²) < 4.78 is 6.82. The number of carboxylic acids is 1. The molecule has 1 heterocycles. The highest BCUT2D eigenvalue weighted by molar-refractivity contribution is 6.31. The number of carboxylic acid groups (broad SMARTS) is 1. The van der Waals surface area contributed by atoms with Crippen molar-refractivity contribution in [3.63, 3.8) is 0 Å². The molecule has 1 aliphatic rings. The number of pyridine rings is 1. The topological polar surface area (TPSA) is 87.8 Å². The van der Waals surface area contributed by atoms with Gasteiger partial charge in [-0.15, -0.1) is 0 Å². The van der Waals surface area contributed by atoms with Crippen molar-refractivity contribution in [2.24, 2.45) is 0 Å². The highest BCUT2D eigenvalue weighted by Gasteiger charge is 2.48. The summed E-state index contributed by atoms with van der Waals surface area (Å²) in [5, 5.41) is 9.50. The Morgan fingerprint density at radius 3 is 2.69 bits per heavy atom. The van der Waals surface area contributed by atoms with Crippen LogP contribution in [-0.2, 0) is 21.8 Å². The van der Waals surface area contributed by atoms with E-state index in [1.54, 1.807) is 36.5 Å². The van der Waals surface area contributed by atoms with Gasteiger partial charge in [0.2, 0.25) is 0 Å². The van der Waals surface area contributed by atoms with Gasteiger partial charge in [0.1, 0.15) is 11.1 Å². The molecule has 1 aromatic carbocycles. The maximum atomic E-state index is 13.0. The summed E-state index contributed by atoms with van der Waals surface area (Å²) in [4.78, 5) is 38.3. The van der Waals surface area contributed by atoms with E-state index < -0.39 is 17.6 Å². The fourth-order valence-corrected chi connectivity index (χ4v) is 4.03. The number of halogens is 1. The minimum Gasteiger partial charge on any atom is -0.477 e. The largest absolute Gasteiger partial charge is 0.477 e. The van der Waals surface area contributed by atoms with E-state index in [0.717, 1.165) is 12.8 Å². The lowest BCUT2D eigenvalue weighted by molar-refractivity contribution is -0.727. The molecule has 8 heteroatoms. The third-order valence-electron chi connectivity index (χ3n) is 5.26. The first kappa shape index (κ1) is 20.8. The second kappa shape index (κ2) is 8.61. The van der Waals surface area contributed by atoms with E-state index in [2.05, 4.69) is 0 Å². The number of nitrogens with zero attached hydrogens (tertiary/aromatic N) is 2. The van der Waals surface area contributed by atoms with Crippen molar-refractivity contribution in [2.45, 2.75) is 38.0 Å². The van der Waals surface area contributed by atoms with Crippen molar-refractivity contribution < 1.29 is 28.8 Å². The van der Waals surface area contributed by atoms with Crippen LogP contribution in [0.2, 0.25) is 5.02 Å². The van der Waals surface area contributed by atoms with Gasteiger partial charge in [0.05, 0.1) is 0 Å². The van der Waals surface area contributed by atoms with Crippen molar-refractivity contribution in [1.82, 2.24) is 4.90 Å². The standard InChI is InChI=1S/C21H21ClN2O5/c1-23(20(28)29-14-24-12-6-7-15(13-24)19(26)27)21(11-5-4-10-18(21)25)16-8-2-3-9-17(16)22/h2-3,6-9,12-13H,4-5,10-11,14H2,1H3/p+1/t21-/m1/s1. The van der Waals surface area contributed by atoms with Gasteiger partial charge in [0, 0.05) is 30.1 Å². The average Bonchev–Trinajstić information content (AvgIpc) is 2.73. The first-order chi connectivity index (χ1) is 13.9. The van der Waals surface area contributed by atoms with Crippen molar-refractivity contribution >= 4 is 29.4 Å². The van der Waals surface area contributed by atoms with E-state index >= 15 is 0 Å². The summed E-state index contributed by atoms with van der Waals surface area (Å²) in [6.07, 6.45) is 4.64. The number of carbonyl (C=O) groups excluding carboxylic acids is 2. The number of benzene rings is 1.